The van der Waals surface area contributed by atoms with Crippen LogP contribution in [0.1, 0.15) is 17.3 Å². The lowest BCUT2D eigenvalue weighted by atomic mass is 10.2. The van der Waals surface area contributed by atoms with Crippen molar-refractivity contribution in [3.8, 4) is 0 Å². The fraction of sp³-hybridized carbons (Fsp3) is 0.364. The lowest BCUT2D eigenvalue weighted by Gasteiger charge is -2.10. The molecule has 1 N–H and O–H groups in total. The Bertz CT molecular complexity index is 576. The van der Waals surface area contributed by atoms with E-state index in [9.17, 15) is 13.2 Å². The van der Waals surface area contributed by atoms with E-state index in [1.165, 1.54) is 13.1 Å². The van der Waals surface area contributed by atoms with Crippen LogP contribution < -0.4 is 5.32 Å². The Morgan fingerprint density at radius 3 is 2.58 bits per heavy atom. The van der Waals surface area contributed by atoms with Crippen LogP contribution in [0.4, 0.5) is 19.0 Å². The molecule has 2 heterocycles. The molecule has 102 valence electrons. The highest BCUT2D eigenvalue weighted by Gasteiger charge is 2.35. The number of hydrogen-bond acceptors (Lipinski definition) is 4. The Balaban J connectivity index is 2.37. The Morgan fingerprint density at radius 2 is 2.05 bits per heavy atom. The fourth-order valence-corrected chi connectivity index (χ4v) is 1.57. The molecule has 0 aliphatic rings. The predicted molar refractivity (Wildman–Crippen MR) is 62.6 cm³/mol. The van der Waals surface area contributed by atoms with Crippen molar-refractivity contribution in [3.05, 3.63) is 35.8 Å². The van der Waals surface area contributed by atoms with Crippen molar-refractivity contribution < 1.29 is 13.2 Å². The van der Waals surface area contributed by atoms with E-state index in [1.807, 2.05) is 0 Å². The van der Waals surface area contributed by atoms with Gasteiger partial charge in [0.05, 0.1) is 5.69 Å². The van der Waals surface area contributed by atoms with Gasteiger partial charge in [-0.25, -0.2) is 15.0 Å². The molecule has 0 radical (unpaired) electrons. The second-order valence-corrected chi connectivity index (χ2v) is 3.95. The molecule has 5 nitrogen and oxygen atoms in total. The predicted octanol–water partition coefficient (Wildman–Crippen LogP) is 1.86. The summed E-state index contributed by atoms with van der Waals surface area (Å²) in [7, 11) is 3.28. The zero-order valence-electron chi connectivity index (χ0n) is 10.4. The minimum atomic E-state index is -4.57. The van der Waals surface area contributed by atoms with Crippen molar-refractivity contribution in [3.63, 3.8) is 0 Å². The number of rotatable bonds is 3. The van der Waals surface area contributed by atoms with Crippen molar-refractivity contribution >= 4 is 5.82 Å². The summed E-state index contributed by atoms with van der Waals surface area (Å²) in [5.74, 6) is -0.385. The van der Waals surface area contributed by atoms with E-state index in [0.717, 1.165) is 0 Å². The Morgan fingerprint density at radius 1 is 1.32 bits per heavy atom. The monoisotopic (exact) mass is 271 g/mol. The lowest BCUT2D eigenvalue weighted by Crippen LogP contribution is -2.14. The van der Waals surface area contributed by atoms with Gasteiger partial charge < -0.3 is 9.88 Å². The van der Waals surface area contributed by atoms with Crippen LogP contribution in [-0.2, 0) is 19.6 Å². The molecule has 0 aliphatic carbocycles. The van der Waals surface area contributed by atoms with Gasteiger partial charge in [0.2, 0.25) is 5.82 Å². The van der Waals surface area contributed by atoms with Gasteiger partial charge in [-0.15, -0.1) is 0 Å². The van der Waals surface area contributed by atoms with Gasteiger partial charge in [-0.3, -0.25) is 0 Å². The van der Waals surface area contributed by atoms with Crippen molar-refractivity contribution in [1.29, 1.82) is 0 Å². The van der Waals surface area contributed by atoms with E-state index in [4.69, 9.17) is 0 Å². The van der Waals surface area contributed by atoms with Gasteiger partial charge in [0.15, 0.2) is 0 Å². The molecule has 0 atom stereocenters. The molecule has 8 heteroatoms. The van der Waals surface area contributed by atoms with Crippen molar-refractivity contribution in [1.82, 2.24) is 19.5 Å². The van der Waals surface area contributed by atoms with Crippen LogP contribution in [0, 0.1) is 0 Å². The average molecular weight is 271 g/mol. The fourth-order valence-electron chi connectivity index (χ4n) is 1.57. The molecule has 0 bridgehead atoms. The van der Waals surface area contributed by atoms with Crippen LogP contribution >= 0.6 is 0 Å². The number of alkyl halides is 3. The van der Waals surface area contributed by atoms with Crippen LogP contribution in [-0.4, -0.2) is 26.6 Å². The smallest absolute Gasteiger partial charge is 0.373 e. The van der Waals surface area contributed by atoms with Gasteiger partial charge in [-0.2, -0.15) is 13.2 Å². The minimum absolute atomic E-state index is 0.131. The number of aromatic nitrogens is 4. The topological polar surface area (TPSA) is 55.6 Å². The highest BCUT2D eigenvalue weighted by atomic mass is 19.4. The molecular formula is C11H12F3N5. The Labute approximate surface area is 107 Å². The Kier molecular flexibility index (Phi) is 3.41. The molecule has 0 amide bonds. The van der Waals surface area contributed by atoms with Gasteiger partial charge in [0.25, 0.3) is 0 Å². The summed E-state index contributed by atoms with van der Waals surface area (Å²) in [6.07, 6.45) is -1.05. The quantitative estimate of drug-likeness (QED) is 0.925. The number of nitrogens with one attached hydrogen (secondary N) is 1. The largest absolute Gasteiger partial charge is 0.451 e. The molecule has 0 saturated heterocycles. The molecule has 0 aliphatic heterocycles. The number of hydrogen-bond donors (Lipinski definition) is 1. The van der Waals surface area contributed by atoms with Crippen LogP contribution in [0.5, 0.6) is 0 Å². The van der Waals surface area contributed by atoms with Crippen molar-refractivity contribution in [2.24, 2.45) is 7.05 Å². The van der Waals surface area contributed by atoms with Gasteiger partial charge in [0, 0.05) is 39.0 Å². The summed E-state index contributed by atoms with van der Waals surface area (Å²) < 4.78 is 39.7. The normalized spacial score (nSPS) is 11.6. The summed E-state index contributed by atoms with van der Waals surface area (Å²) in [5, 5.41) is 2.60. The van der Waals surface area contributed by atoms with E-state index in [1.54, 1.807) is 24.0 Å². The average Bonchev–Trinajstić information content (AvgIpc) is 2.73. The maximum absolute atomic E-state index is 12.7. The summed E-state index contributed by atoms with van der Waals surface area (Å²) in [5.41, 5.74) is 0.265. The second kappa shape index (κ2) is 4.87. The molecule has 0 spiro atoms. The molecule has 2 aromatic rings. The van der Waals surface area contributed by atoms with Gasteiger partial charge in [0.1, 0.15) is 11.6 Å². The summed E-state index contributed by atoms with van der Waals surface area (Å²) in [4.78, 5) is 11.0. The number of imidazole rings is 1. The number of aryl methyl sites for hydroxylation is 1. The molecule has 0 saturated carbocycles. The SMILES string of the molecule is CNc1cc(Cc2nccn2C)nc(C(F)(F)F)n1. The van der Waals surface area contributed by atoms with E-state index < -0.39 is 12.0 Å². The molecular weight excluding hydrogens is 259 g/mol. The standard InChI is InChI=1S/C11H12F3N5/c1-15-8-5-7(6-9-16-3-4-19(9)2)17-10(18-8)11(12,13)14/h3-5H,6H2,1-2H3,(H,15,17,18). The molecule has 0 unspecified atom stereocenters. The highest BCUT2D eigenvalue weighted by Crippen LogP contribution is 2.27. The van der Waals surface area contributed by atoms with Gasteiger partial charge in [-0.05, 0) is 0 Å². The zero-order valence-corrected chi connectivity index (χ0v) is 10.4. The summed E-state index contributed by atoms with van der Waals surface area (Å²) >= 11 is 0. The van der Waals surface area contributed by atoms with E-state index in [-0.39, 0.29) is 17.9 Å². The maximum Gasteiger partial charge on any atom is 0.451 e. The minimum Gasteiger partial charge on any atom is -0.373 e. The number of halogens is 3. The third-order valence-corrected chi connectivity index (χ3v) is 2.55. The zero-order chi connectivity index (χ0) is 14.0. The summed E-state index contributed by atoms with van der Waals surface area (Å²) in [6.45, 7) is 0. The highest BCUT2D eigenvalue weighted by molar-refractivity contribution is 5.36. The molecule has 0 fully saturated rings. The van der Waals surface area contributed by atoms with Gasteiger partial charge in [-0.1, -0.05) is 0 Å². The van der Waals surface area contributed by atoms with Crippen LogP contribution in [0.3, 0.4) is 0 Å². The first-order valence-electron chi connectivity index (χ1n) is 5.49. The number of nitrogens with zero attached hydrogens (tertiary/aromatic N) is 4. The Hall–Kier alpha value is -2.12. The van der Waals surface area contributed by atoms with E-state index >= 15 is 0 Å². The van der Waals surface area contributed by atoms with E-state index in [0.29, 0.717) is 5.82 Å². The van der Waals surface area contributed by atoms with E-state index in [2.05, 4.69) is 20.3 Å². The van der Waals surface area contributed by atoms with Crippen LogP contribution in [0.25, 0.3) is 0 Å². The molecule has 2 rings (SSSR count). The second-order valence-electron chi connectivity index (χ2n) is 3.95. The number of anilines is 1. The van der Waals surface area contributed by atoms with Crippen molar-refractivity contribution in [2.45, 2.75) is 12.6 Å². The summed E-state index contributed by atoms with van der Waals surface area (Å²) in [6, 6.07) is 1.48. The van der Waals surface area contributed by atoms with Crippen molar-refractivity contribution in [2.75, 3.05) is 12.4 Å². The molecule has 2 aromatic heterocycles. The molecule has 19 heavy (non-hydrogen) atoms. The third kappa shape index (κ3) is 3.01. The molecule has 0 aromatic carbocycles. The third-order valence-electron chi connectivity index (χ3n) is 2.55. The first-order chi connectivity index (χ1) is 8.90. The van der Waals surface area contributed by atoms with Crippen LogP contribution in [0.15, 0.2) is 18.5 Å². The van der Waals surface area contributed by atoms with Gasteiger partial charge >= 0.3 is 6.18 Å². The maximum atomic E-state index is 12.7. The lowest BCUT2D eigenvalue weighted by molar-refractivity contribution is -0.145. The first-order valence-corrected chi connectivity index (χ1v) is 5.49. The first kappa shape index (κ1) is 13.3. The van der Waals surface area contributed by atoms with Crippen LogP contribution in [0.2, 0.25) is 0 Å².